The molecule has 5 rings (SSSR count). The SMILES string of the molecule is Cc1cccc(Cl)c1N1CC=C[C@]23O[C@@H]4C=CCOC(=O)[C@@H]4[C@H]2C(=O)N(CCCO)C3C1=O. The summed E-state index contributed by atoms with van der Waals surface area (Å²) in [6, 6.07) is 4.41. The standard InChI is InChI=1S/C24H25ClN2O6/c1-14-6-2-7-15(25)19(14)26-10-4-9-24-18(17-16(33-24)8-3-13-32-23(17)31)21(29)27(11-5-12-28)20(24)22(26)30/h2-4,6-9,16-18,20,28H,5,10-13H2,1H3/t16-,17+,18+,20?,24+/m1/s1. The normalized spacial score (nSPS) is 32.9. The molecule has 0 saturated carbocycles. The monoisotopic (exact) mass is 472 g/mol. The highest BCUT2D eigenvalue weighted by molar-refractivity contribution is 6.34. The van der Waals surface area contributed by atoms with Crippen molar-refractivity contribution in [3.63, 3.8) is 0 Å². The first-order chi connectivity index (χ1) is 15.9. The summed E-state index contributed by atoms with van der Waals surface area (Å²) >= 11 is 6.49. The molecule has 2 saturated heterocycles. The van der Waals surface area contributed by atoms with Crippen LogP contribution in [0.25, 0.3) is 0 Å². The van der Waals surface area contributed by atoms with Crippen LogP contribution >= 0.6 is 11.6 Å². The summed E-state index contributed by atoms with van der Waals surface area (Å²) in [5.74, 6) is -2.92. The highest BCUT2D eigenvalue weighted by Gasteiger charge is 2.71. The molecule has 2 amide bonds. The Kier molecular flexibility index (Phi) is 5.55. The molecule has 8 nitrogen and oxygen atoms in total. The van der Waals surface area contributed by atoms with Gasteiger partial charge < -0.3 is 24.4 Å². The van der Waals surface area contributed by atoms with Gasteiger partial charge in [0.1, 0.15) is 24.2 Å². The van der Waals surface area contributed by atoms with Crippen molar-refractivity contribution in [3.05, 3.63) is 53.1 Å². The van der Waals surface area contributed by atoms with Crippen LogP contribution in [-0.2, 0) is 23.9 Å². The first-order valence-corrected chi connectivity index (χ1v) is 11.4. The number of cyclic esters (lactones) is 1. The Labute approximate surface area is 196 Å². The maximum atomic E-state index is 14.1. The zero-order chi connectivity index (χ0) is 23.3. The van der Waals surface area contributed by atoms with E-state index in [9.17, 15) is 19.5 Å². The lowest BCUT2D eigenvalue weighted by Gasteiger charge is -2.35. The highest BCUT2D eigenvalue weighted by atomic mass is 35.5. The smallest absolute Gasteiger partial charge is 0.313 e. The summed E-state index contributed by atoms with van der Waals surface area (Å²) in [6.45, 7) is 2.27. The summed E-state index contributed by atoms with van der Waals surface area (Å²) in [5.41, 5.74) is 0.0891. The van der Waals surface area contributed by atoms with Gasteiger partial charge in [0.15, 0.2) is 0 Å². The molecule has 1 N–H and O–H groups in total. The van der Waals surface area contributed by atoms with Gasteiger partial charge in [-0.1, -0.05) is 42.0 Å². The predicted octanol–water partition coefficient (Wildman–Crippen LogP) is 1.63. The lowest BCUT2D eigenvalue weighted by Crippen LogP contribution is -2.55. The summed E-state index contributed by atoms with van der Waals surface area (Å²) in [4.78, 5) is 43.7. The van der Waals surface area contributed by atoms with Crippen molar-refractivity contribution in [2.24, 2.45) is 11.8 Å². The van der Waals surface area contributed by atoms with Gasteiger partial charge in [0.05, 0.1) is 22.7 Å². The van der Waals surface area contributed by atoms with Gasteiger partial charge in [-0.2, -0.15) is 0 Å². The van der Waals surface area contributed by atoms with E-state index in [2.05, 4.69) is 0 Å². The Hall–Kier alpha value is -2.68. The minimum absolute atomic E-state index is 0.120. The summed E-state index contributed by atoms with van der Waals surface area (Å²) in [6.07, 6.45) is 6.64. The van der Waals surface area contributed by atoms with Crippen molar-refractivity contribution in [2.45, 2.75) is 31.1 Å². The largest absolute Gasteiger partial charge is 0.461 e. The topological polar surface area (TPSA) is 96.4 Å². The number of anilines is 1. The number of amides is 2. The van der Waals surface area contributed by atoms with Crippen LogP contribution in [0.2, 0.25) is 5.02 Å². The number of benzene rings is 1. The number of aliphatic hydroxyl groups excluding tert-OH is 1. The van der Waals surface area contributed by atoms with Gasteiger partial charge in [-0.3, -0.25) is 14.4 Å². The number of nitrogens with zero attached hydrogens (tertiary/aromatic N) is 2. The second-order valence-electron chi connectivity index (χ2n) is 8.77. The van der Waals surface area contributed by atoms with E-state index >= 15 is 0 Å². The van der Waals surface area contributed by atoms with Crippen molar-refractivity contribution < 1.29 is 29.0 Å². The number of carbonyl (C=O) groups is 3. The number of para-hydroxylation sites is 1. The van der Waals surface area contributed by atoms with E-state index in [-0.39, 0.29) is 38.1 Å². The van der Waals surface area contributed by atoms with Gasteiger partial charge >= 0.3 is 5.97 Å². The molecule has 9 heteroatoms. The lowest BCUT2D eigenvalue weighted by molar-refractivity contribution is -0.152. The predicted molar refractivity (Wildman–Crippen MR) is 120 cm³/mol. The molecule has 1 unspecified atom stereocenters. The van der Waals surface area contributed by atoms with E-state index in [4.69, 9.17) is 21.1 Å². The number of aliphatic hydroxyl groups is 1. The molecule has 0 aromatic heterocycles. The molecule has 5 atom stereocenters. The molecule has 174 valence electrons. The van der Waals surface area contributed by atoms with Crippen LogP contribution in [0.4, 0.5) is 5.69 Å². The van der Waals surface area contributed by atoms with E-state index in [0.29, 0.717) is 17.1 Å². The van der Waals surface area contributed by atoms with Gasteiger partial charge in [-0.25, -0.2) is 0 Å². The number of rotatable bonds is 4. The second-order valence-corrected chi connectivity index (χ2v) is 9.17. The molecule has 2 fully saturated rings. The minimum atomic E-state index is -1.32. The van der Waals surface area contributed by atoms with E-state index in [1.165, 1.54) is 4.90 Å². The summed E-state index contributed by atoms with van der Waals surface area (Å²) in [7, 11) is 0. The number of carbonyl (C=O) groups excluding carboxylic acids is 3. The van der Waals surface area contributed by atoms with Crippen LogP contribution in [-0.4, -0.2) is 71.8 Å². The van der Waals surface area contributed by atoms with Crippen LogP contribution in [0.5, 0.6) is 0 Å². The number of ether oxygens (including phenoxy) is 2. The first-order valence-electron chi connectivity index (χ1n) is 11.1. The van der Waals surface area contributed by atoms with Gasteiger partial charge in [-0.15, -0.1) is 0 Å². The first kappa shape index (κ1) is 22.1. The van der Waals surface area contributed by atoms with Crippen molar-refractivity contribution in [1.29, 1.82) is 0 Å². The van der Waals surface area contributed by atoms with E-state index < -0.39 is 35.6 Å². The molecule has 0 bridgehead atoms. The Balaban J connectivity index is 1.64. The maximum absolute atomic E-state index is 14.1. The summed E-state index contributed by atoms with van der Waals surface area (Å²) in [5, 5.41) is 9.85. The van der Waals surface area contributed by atoms with Crippen LogP contribution in [0, 0.1) is 18.8 Å². The van der Waals surface area contributed by atoms with Crippen molar-refractivity contribution >= 4 is 35.1 Å². The average Bonchev–Trinajstić information content (AvgIpc) is 3.08. The molecule has 1 aromatic rings. The number of esters is 1. The van der Waals surface area contributed by atoms with Gasteiger partial charge in [0, 0.05) is 19.7 Å². The molecular formula is C24H25ClN2O6. The van der Waals surface area contributed by atoms with Crippen molar-refractivity contribution in [1.82, 2.24) is 4.90 Å². The average molecular weight is 473 g/mol. The molecule has 1 spiro atoms. The van der Waals surface area contributed by atoms with Crippen LogP contribution in [0.15, 0.2) is 42.5 Å². The highest BCUT2D eigenvalue weighted by Crippen LogP contribution is 2.53. The van der Waals surface area contributed by atoms with Gasteiger partial charge in [-0.05, 0) is 31.1 Å². The third-order valence-corrected chi connectivity index (χ3v) is 7.23. The summed E-state index contributed by atoms with van der Waals surface area (Å²) < 4.78 is 11.7. The fraction of sp³-hybridized carbons (Fsp3) is 0.458. The lowest BCUT2D eigenvalue weighted by atomic mass is 9.78. The van der Waals surface area contributed by atoms with Crippen LogP contribution < -0.4 is 4.90 Å². The number of aryl methyl sites for hydroxylation is 1. The number of hydrogen-bond donors (Lipinski definition) is 1. The molecule has 0 radical (unpaired) electrons. The second kappa shape index (κ2) is 8.27. The molecular weight excluding hydrogens is 448 g/mol. The van der Waals surface area contributed by atoms with E-state index in [1.807, 2.05) is 19.1 Å². The zero-order valence-electron chi connectivity index (χ0n) is 18.1. The molecule has 0 aliphatic carbocycles. The number of fused-ring (bicyclic) bond motifs is 2. The molecule has 33 heavy (non-hydrogen) atoms. The number of hydrogen-bond acceptors (Lipinski definition) is 6. The molecule has 4 aliphatic rings. The number of likely N-dealkylation sites (tertiary alicyclic amines) is 1. The van der Waals surface area contributed by atoms with Crippen LogP contribution in [0.1, 0.15) is 12.0 Å². The molecule has 4 aliphatic heterocycles. The Bertz CT molecular complexity index is 1050. The van der Waals surface area contributed by atoms with Gasteiger partial charge in [0.25, 0.3) is 5.91 Å². The molecule has 4 heterocycles. The minimum Gasteiger partial charge on any atom is -0.461 e. The van der Waals surface area contributed by atoms with Crippen molar-refractivity contribution in [3.8, 4) is 0 Å². The van der Waals surface area contributed by atoms with Gasteiger partial charge in [0.2, 0.25) is 5.91 Å². The molecule has 1 aromatic carbocycles. The third kappa shape index (κ3) is 3.23. The van der Waals surface area contributed by atoms with E-state index in [0.717, 1.165) is 5.56 Å². The zero-order valence-corrected chi connectivity index (χ0v) is 18.9. The Morgan fingerprint density at radius 2 is 2.03 bits per heavy atom. The fourth-order valence-electron chi connectivity index (χ4n) is 5.62. The van der Waals surface area contributed by atoms with Crippen LogP contribution in [0.3, 0.4) is 0 Å². The third-order valence-electron chi connectivity index (χ3n) is 6.93. The Morgan fingerprint density at radius 1 is 1.21 bits per heavy atom. The quantitative estimate of drug-likeness (QED) is 0.528. The maximum Gasteiger partial charge on any atom is 0.313 e. The van der Waals surface area contributed by atoms with Crippen molar-refractivity contribution in [2.75, 3.05) is 31.2 Å². The number of halogens is 1. The Morgan fingerprint density at radius 3 is 2.79 bits per heavy atom. The fourth-order valence-corrected chi connectivity index (χ4v) is 5.94. The van der Waals surface area contributed by atoms with E-state index in [1.54, 1.807) is 35.3 Å².